The van der Waals surface area contributed by atoms with Gasteiger partial charge in [-0.15, -0.1) is 0 Å². The van der Waals surface area contributed by atoms with Crippen molar-refractivity contribution in [3.63, 3.8) is 0 Å². The number of nitrogens with zero attached hydrogens (tertiary/aromatic N) is 2. The van der Waals surface area contributed by atoms with E-state index >= 15 is 0 Å². The fraction of sp³-hybridized carbons (Fsp3) is 0.571. The highest BCUT2D eigenvalue weighted by Gasteiger charge is 2.34. The molecule has 0 saturated carbocycles. The molecule has 0 saturated heterocycles. The van der Waals surface area contributed by atoms with Crippen LogP contribution in [0.3, 0.4) is 0 Å². The zero-order valence-electron chi connectivity index (χ0n) is 57.1. The first-order chi connectivity index (χ1) is 47.4. The second-order valence-electron chi connectivity index (χ2n) is 24.1. The number of hydrogen-bond acceptors (Lipinski definition) is 20. The number of rotatable bonds is 48. The summed E-state index contributed by atoms with van der Waals surface area (Å²) >= 11 is 0. The highest BCUT2D eigenvalue weighted by atomic mass is 16.3. The summed E-state index contributed by atoms with van der Waals surface area (Å²) < 4.78 is 0. The van der Waals surface area contributed by atoms with Crippen LogP contribution in [0.2, 0.25) is 0 Å². The van der Waals surface area contributed by atoms with Crippen LogP contribution in [-0.2, 0) is 75.2 Å². The van der Waals surface area contributed by atoms with Gasteiger partial charge in [0.05, 0.1) is 32.3 Å². The minimum Gasteiger partial charge on any atom is -0.508 e. The molecule has 30 N–H and O–H groups in total. The lowest BCUT2D eigenvalue weighted by Crippen LogP contribution is -2.60. The zero-order valence-corrected chi connectivity index (χ0v) is 57.1. The number of carbonyl (C=O) groups is 13. The Morgan fingerprint density at radius 3 is 1.32 bits per heavy atom. The van der Waals surface area contributed by atoms with Gasteiger partial charge in [0.1, 0.15) is 60.1 Å². The Morgan fingerprint density at radius 1 is 0.410 bits per heavy atom. The van der Waals surface area contributed by atoms with E-state index < -0.39 is 163 Å². The Hall–Kier alpha value is -10.3. The molecule has 0 heterocycles. The summed E-state index contributed by atoms with van der Waals surface area (Å²) in [5.41, 5.74) is 46.0. The van der Waals surface area contributed by atoms with Crippen molar-refractivity contribution in [3.05, 3.63) is 65.7 Å². The molecule has 0 bridgehead atoms. The van der Waals surface area contributed by atoms with Gasteiger partial charge in [-0.05, 0) is 133 Å². The summed E-state index contributed by atoms with van der Waals surface area (Å²) in [6.45, 7) is 3.80. The van der Waals surface area contributed by atoms with Crippen LogP contribution in [0, 0.1) is 5.92 Å². The molecule has 0 aliphatic rings. The van der Waals surface area contributed by atoms with E-state index in [1.807, 2.05) is 0 Å². The van der Waals surface area contributed by atoms with Crippen molar-refractivity contribution in [1.29, 1.82) is 0 Å². The number of nitrogens with one attached hydrogen (secondary N) is 12. The zero-order chi connectivity index (χ0) is 74.9. The molecule has 2 rings (SSSR count). The monoisotopic (exact) mass is 1410 g/mol. The number of aliphatic hydroxyl groups is 1. The average molecular weight is 1410 g/mol. The van der Waals surface area contributed by atoms with Gasteiger partial charge in [-0.3, -0.25) is 72.3 Å². The van der Waals surface area contributed by atoms with Crippen molar-refractivity contribution >= 4 is 88.7 Å². The lowest BCUT2D eigenvalue weighted by molar-refractivity contribution is -0.136. The van der Waals surface area contributed by atoms with Gasteiger partial charge in [0, 0.05) is 19.5 Å². The smallest absolute Gasteiger partial charge is 0.245 e. The second kappa shape index (κ2) is 46.9. The van der Waals surface area contributed by atoms with Gasteiger partial charge in [0.15, 0.2) is 11.9 Å². The molecule has 10 atom stereocenters. The van der Waals surface area contributed by atoms with Crippen molar-refractivity contribution in [2.24, 2.45) is 61.8 Å². The van der Waals surface area contributed by atoms with Crippen molar-refractivity contribution in [2.45, 2.75) is 172 Å². The molecule has 37 heteroatoms. The Labute approximate surface area is 580 Å². The first kappa shape index (κ1) is 85.8. The van der Waals surface area contributed by atoms with Gasteiger partial charge in [0.2, 0.25) is 76.8 Å². The Bertz CT molecular complexity index is 3060. The van der Waals surface area contributed by atoms with E-state index in [-0.39, 0.29) is 107 Å². The number of phenols is 1. The SMILES string of the molecule is CC(C)C[C@H](NC(=O)[C@H](Cc1ccccc1)NC(=O)CNC(=O)CNC(=O)[C@@H](N)Cc1ccc(O)cc1)C(=O)NCC(=O)N[C@@H](C)C(=O)N[C@@H](CCCN=C(N)N)C(=O)N[C@@H](CCCCN)C(=O)N[C@@H](CO)C(=O)N[C@@H](C)C(=O)N[C@@H](CCCN=C(N)N)C(=O)N[C@@H](CCCCN)C(N)=O. The predicted octanol–water partition coefficient (Wildman–Crippen LogP) is -7.85. The number of amides is 13. The summed E-state index contributed by atoms with van der Waals surface area (Å²) in [4.78, 5) is 182. The molecule has 556 valence electrons. The van der Waals surface area contributed by atoms with Crippen LogP contribution in [0.1, 0.15) is 109 Å². The maximum absolute atomic E-state index is 14.2. The van der Waals surface area contributed by atoms with E-state index in [2.05, 4.69) is 73.8 Å². The van der Waals surface area contributed by atoms with Crippen molar-refractivity contribution in [3.8, 4) is 5.75 Å². The molecular weight excluding hydrogens is 1300 g/mol. The lowest BCUT2D eigenvalue weighted by Gasteiger charge is -2.26. The number of aliphatic imine (C=N–C) groups is 2. The number of benzene rings is 2. The maximum atomic E-state index is 14.2. The van der Waals surface area contributed by atoms with Crippen molar-refractivity contribution in [2.75, 3.05) is 52.4 Å². The molecule has 0 unspecified atom stereocenters. The average Bonchev–Trinajstić information content (AvgIpc) is 0.881. The fourth-order valence-electron chi connectivity index (χ4n) is 9.52. The fourth-order valence-corrected chi connectivity index (χ4v) is 9.52. The quantitative estimate of drug-likeness (QED) is 0.0166. The highest BCUT2D eigenvalue weighted by Crippen LogP contribution is 2.13. The summed E-state index contributed by atoms with van der Waals surface area (Å²) in [5, 5.41) is 49.7. The minimum absolute atomic E-state index is 0.0111. The first-order valence-electron chi connectivity index (χ1n) is 32.9. The van der Waals surface area contributed by atoms with Crippen molar-refractivity contribution in [1.82, 2.24) is 63.8 Å². The number of primary amides is 1. The Balaban J connectivity index is 2.19. The largest absolute Gasteiger partial charge is 0.508 e. The summed E-state index contributed by atoms with van der Waals surface area (Å²) in [6.07, 6.45) is 1.94. The molecule has 0 spiro atoms. The minimum atomic E-state index is -1.72. The number of aliphatic hydroxyl groups excluding tert-OH is 1. The predicted molar refractivity (Wildman–Crippen MR) is 369 cm³/mol. The van der Waals surface area contributed by atoms with Gasteiger partial charge < -0.3 is 120 Å². The standard InChI is InChI=1S/C63H104N22O15/c1-35(2)28-46(84-60(99)47(30-38-14-6-5-7-15-38)79-51(90)32-74-49(88)31-75-55(94)41(66)29-39-20-22-40(87)23-21-39)56(95)76-33-50(89)77-36(3)53(92)81-45(19-13-27-73-63(70)71)58(97)83-43(17-9-11-25-65)59(98)85-48(34-86)61(100)78-37(4)54(93)82-44(18-12-26-72-62(68)69)57(96)80-42(52(67)91)16-8-10-24-64/h5-7,14-15,20-23,35-37,41-48,86-87H,8-13,16-19,24-34,64-66H2,1-4H3,(H2,67,91)(H,74,88)(H,75,94)(H,76,95)(H,77,89)(H,78,100)(H,79,90)(H,80,96)(H,81,92)(H,82,93)(H,83,97)(H,84,99)(H,85,98)(H4,68,69,72)(H4,70,71,73)/t36-,37-,41-,42-,43-,44-,45-,46-,47-,48-/m0/s1. The van der Waals surface area contributed by atoms with E-state index in [4.69, 9.17) is 45.9 Å². The molecule has 2 aromatic carbocycles. The molecule has 0 aliphatic heterocycles. The Kier molecular flexibility index (Phi) is 40.2. The van der Waals surface area contributed by atoms with Crippen LogP contribution in [-0.4, -0.2) is 212 Å². The van der Waals surface area contributed by atoms with Gasteiger partial charge in [-0.1, -0.05) is 56.3 Å². The molecule has 2 aromatic rings. The van der Waals surface area contributed by atoms with Crippen LogP contribution < -0.4 is 110 Å². The third-order valence-corrected chi connectivity index (χ3v) is 15.0. The van der Waals surface area contributed by atoms with Crippen LogP contribution in [0.15, 0.2) is 64.6 Å². The third-order valence-electron chi connectivity index (χ3n) is 15.0. The number of unbranched alkanes of at least 4 members (excludes halogenated alkanes) is 2. The molecule has 37 nitrogen and oxygen atoms in total. The molecular formula is C63H104N22O15. The molecule has 0 aliphatic carbocycles. The topological polar surface area (TPSA) is 640 Å². The van der Waals surface area contributed by atoms with Crippen LogP contribution in [0.4, 0.5) is 0 Å². The summed E-state index contributed by atoms with van der Waals surface area (Å²) in [6, 6.07) is 1.30. The van der Waals surface area contributed by atoms with Gasteiger partial charge in [-0.25, -0.2) is 0 Å². The first-order valence-corrected chi connectivity index (χ1v) is 32.9. The van der Waals surface area contributed by atoms with E-state index in [0.717, 1.165) is 0 Å². The van der Waals surface area contributed by atoms with Gasteiger partial charge in [-0.2, -0.15) is 0 Å². The number of aromatic hydroxyl groups is 1. The molecule has 0 radical (unpaired) electrons. The van der Waals surface area contributed by atoms with Crippen LogP contribution in [0.25, 0.3) is 0 Å². The second-order valence-corrected chi connectivity index (χ2v) is 24.1. The van der Waals surface area contributed by atoms with E-state index in [1.54, 1.807) is 56.3 Å². The van der Waals surface area contributed by atoms with Crippen LogP contribution >= 0.6 is 0 Å². The number of carbonyl (C=O) groups excluding carboxylic acids is 13. The van der Waals surface area contributed by atoms with Crippen molar-refractivity contribution < 1.29 is 72.5 Å². The molecule has 0 fully saturated rings. The molecule has 13 amide bonds. The normalized spacial score (nSPS) is 13.9. The number of guanidine groups is 2. The van der Waals surface area contributed by atoms with E-state index in [1.165, 1.54) is 26.0 Å². The lowest BCUT2D eigenvalue weighted by atomic mass is 10.0. The van der Waals surface area contributed by atoms with E-state index in [0.29, 0.717) is 36.9 Å². The van der Waals surface area contributed by atoms with Crippen LogP contribution in [0.5, 0.6) is 5.75 Å². The van der Waals surface area contributed by atoms with Gasteiger partial charge >= 0.3 is 0 Å². The van der Waals surface area contributed by atoms with Gasteiger partial charge in [0.25, 0.3) is 0 Å². The maximum Gasteiger partial charge on any atom is 0.245 e. The Morgan fingerprint density at radius 2 is 0.820 bits per heavy atom. The number of phenolic OH excluding ortho intramolecular Hbond substituents is 1. The van der Waals surface area contributed by atoms with E-state index in [9.17, 15) is 72.5 Å². The number of hydrogen-bond donors (Lipinski definition) is 22. The third kappa shape index (κ3) is 35.3. The number of nitrogens with two attached hydrogens (primary N) is 8. The molecule has 100 heavy (non-hydrogen) atoms. The summed E-state index contributed by atoms with van der Waals surface area (Å²) in [5.74, 6) is -11.7. The summed E-state index contributed by atoms with van der Waals surface area (Å²) in [7, 11) is 0. The highest BCUT2D eigenvalue weighted by molar-refractivity contribution is 5.99. The molecule has 0 aromatic heterocycles.